The third-order valence-corrected chi connectivity index (χ3v) is 3.37. The number of fused-ring (bicyclic) bond motifs is 1. The number of nitrogens with zero attached hydrogens (tertiary/aromatic N) is 5. The lowest BCUT2D eigenvalue weighted by Gasteiger charge is -2.26. The fourth-order valence-corrected chi connectivity index (χ4v) is 2.34. The molecule has 0 fully saturated rings. The van der Waals surface area contributed by atoms with E-state index in [0.29, 0.717) is 0 Å². The minimum atomic E-state index is 0.847. The van der Waals surface area contributed by atoms with Gasteiger partial charge >= 0.3 is 0 Å². The summed E-state index contributed by atoms with van der Waals surface area (Å²) in [7, 11) is 1.94. The van der Waals surface area contributed by atoms with Gasteiger partial charge in [-0.15, -0.1) is 10.2 Å². The lowest BCUT2D eigenvalue weighted by molar-refractivity contribution is 0.206. The predicted molar refractivity (Wildman–Crippen MR) is 71.1 cm³/mol. The minimum absolute atomic E-state index is 0.847. The van der Waals surface area contributed by atoms with Crippen LogP contribution in [0, 0.1) is 0 Å². The number of nitrogens with one attached hydrogen (secondary N) is 1. The first kappa shape index (κ1) is 12.3. The van der Waals surface area contributed by atoms with Gasteiger partial charge in [-0.3, -0.25) is 9.88 Å². The molecule has 0 amide bonds. The molecule has 6 heteroatoms. The molecule has 19 heavy (non-hydrogen) atoms. The zero-order valence-corrected chi connectivity index (χ0v) is 11.1. The summed E-state index contributed by atoms with van der Waals surface area (Å²) in [5, 5.41) is 11.2. The molecule has 6 nitrogen and oxygen atoms in total. The van der Waals surface area contributed by atoms with Crippen molar-refractivity contribution >= 4 is 0 Å². The summed E-state index contributed by atoms with van der Waals surface area (Å²) in [4.78, 5) is 6.86. The minimum Gasteiger partial charge on any atom is -0.316 e. The van der Waals surface area contributed by atoms with E-state index in [1.165, 1.54) is 5.56 Å². The molecule has 1 N–H and O–H groups in total. The average Bonchev–Trinajstić information content (AvgIpc) is 2.89. The van der Waals surface area contributed by atoms with Crippen LogP contribution in [0.3, 0.4) is 0 Å². The first-order valence-corrected chi connectivity index (χ1v) is 6.52. The Morgan fingerprint density at radius 3 is 3.05 bits per heavy atom. The van der Waals surface area contributed by atoms with Gasteiger partial charge in [-0.2, -0.15) is 0 Å². The van der Waals surface area contributed by atoms with E-state index in [-0.39, 0.29) is 0 Å². The van der Waals surface area contributed by atoms with Gasteiger partial charge < -0.3 is 9.88 Å². The van der Waals surface area contributed by atoms with Crippen LogP contribution in [0.4, 0.5) is 0 Å². The van der Waals surface area contributed by atoms with Gasteiger partial charge in [-0.25, -0.2) is 0 Å². The molecule has 0 saturated heterocycles. The van der Waals surface area contributed by atoms with Crippen molar-refractivity contribution < 1.29 is 0 Å². The summed E-state index contributed by atoms with van der Waals surface area (Å²) >= 11 is 0. The molecule has 2 aromatic heterocycles. The van der Waals surface area contributed by atoms with Crippen molar-refractivity contribution in [2.24, 2.45) is 0 Å². The summed E-state index contributed by atoms with van der Waals surface area (Å²) in [5.74, 6) is 1.04. The van der Waals surface area contributed by atoms with Crippen LogP contribution in [0.2, 0.25) is 0 Å². The molecule has 3 rings (SSSR count). The lowest BCUT2D eigenvalue weighted by Crippen LogP contribution is -2.33. The van der Waals surface area contributed by atoms with Crippen molar-refractivity contribution in [2.45, 2.75) is 26.2 Å². The van der Waals surface area contributed by atoms with Crippen molar-refractivity contribution in [2.75, 3.05) is 13.6 Å². The molecule has 0 aromatic carbocycles. The van der Waals surface area contributed by atoms with E-state index in [4.69, 9.17) is 0 Å². The highest BCUT2D eigenvalue weighted by molar-refractivity contribution is 5.14. The molecule has 2 aromatic rings. The van der Waals surface area contributed by atoms with Gasteiger partial charge in [-0.05, 0) is 18.7 Å². The molecule has 0 saturated carbocycles. The van der Waals surface area contributed by atoms with E-state index < -0.39 is 0 Å². The monoisotopic (exact) mass is 258 g/mol. The summed E-state index contributed by atoms with van der Waals surface area (Å²) in [5.41, 5.74) is 2.32. The number of pyridine rings is 1. The molecule has 0 bridgehead atoms. The van der Waals surface area contributed by atoms with Gasteiger partial charge in [-0.1, -0.05) is 6.07 Å². The molecule has 0 radical (unpaired) electrons. The van der Waals surface area contributed by atoms with E-state index >= 15 is 0 Å². The quantitative estimate of drug-likeness (QED) is 0.860. The maximum atomic E-state index is 4.51. The maximum Gasteiger partial charge on any atom is 0.147 e. The molecule has 1 aliphatic rings. The molecule has 3 heterocycles. The van der Waals surface area contributed by atoms with Gasteiger partial charge in [0, 0.05) is 32.4 Å². The highest BCUT2D eigenvalue weighted by Crippen LogP contribution is 2.12. The summed E-state index contributed by atoms with van der Waals surface area (Å²) < 4.78 is 2.11. The van der Waals surface area contributed by atoms with Crippen LogP contribution in [-0.2, 0) is 26.2 Å². The van der Waals surface area contributed by atoms with Crippen LogP contribution in [-0.4, -0.2) is 38.2 Å². The Morgan fingerprint density at radius 1 is 1.32 bits per heavy atom. The molecule has 0 atom stereocenters. The molecular weight excluding hydrogens is 240 g/mol. The zero-order chi connectivity index (χ0) is 13.1. The topological polar surface area (TPSA) is 58.9 Å². The second-order valence-corrected chi connectivity index (χ2v) is 4.84. The lowest BCUT2D eigenvalue weighted by atomic mass is 10.2. The molecule has 1 aliphatic heterocycles. The van der Waals surface area contributed by atoms with Crippen molar-refractivity contribution in [3.8, 4) is 0 Å². The fraction of sp³-hybridized carbons (Fsp3) is 0.462. The highest BCUT2D eigenvalue weighted by Gasteiger charge is 2.17. The number of hydrogen-bond acceptors (Lipinski definition) is 5. The first-order valence-electron chi connectivity index (χ1n) is 6.52. The summed E-state index contributed by atoms with van der Waals surface area (Å²) in [6.45, 7) is 4.55. The molecular formula is C13H18N6. The molecule has 0 spiro atoms. The van der Waals surface area contributed by atoms with Crippen LogP contribution in [0.15, 0.2) is 24.7 Å². The van der Waals surface area contributed by atoms with Gasteiger partial charge in [0.25, 0.3) is 0 Å². The molecule has 100 valence electrons. The van der Waals surface area contributed by atoms with Crippen LogP contribution in [0.5, 0.6) is 0 Å². The molecule has 0 unspecified atom stereocenters. The SMILES string of the molecule is CNCc1ccc(CN2CCn3cnnc3C2)nc1. The largest absolute Gasteiger partial charge is 0.316 e. The van der Waals surface area contributed by atoms with Crippen LogP contribution >= 0.6 is 0 Å². The highest BCUT2D eigenvalue weighted by atomic mass is 15.3. The smallest absolute Gasteiger partial charge is 0.147 e. The van der Waals surface area contributed by atoms with Crippen molar-refractivity contribution in [3.63, 3.8) is 0 Å². The van der Waals surface area contributed by atoms with Gasteiger partial charge in [0.05, 0.1) is 12.2 Å². The van der Waals surface area contributed by atoms with E-state index in [1.54, 1.807) is 6.33 Å². The predicted octanol–water partition coefficient (Wildman–Crippen LogP) is 0.408. The summed E-state index contributed by atoms with van der Waals surface area (Å²) in [6, 6.07) is 4.23. The second-order valence-electron chi connectivity index (χ2n) is 4.84. The Balaban J connectivity index is 1.63. The third kappa shape index (κ3) is 2.80. The van der Waals surface area contributed by atoms with Gasteiger partial charge in [0.2, 0.25) is 0 Å². The van der Waals surface area contributed by atoms with Crippen molar-refractivity contribution in [1.82, 2.24) is 30.0 Å². The second kappa shape index (κ2) is 5.46. The molecule has 0 aliphatic carbocycles. The number of rotatable bonds is 4. The standard InChI is InChI=1S/C13H18N6/c1-14-6-11-2-3-12(15-7-11)8-18-4-5-19-10-16-17-13(19)9-18/h2-3,7,10,14H,4-6,8-9H2,1H3. The average molecular weight is 258 g/mol. The van der Waals surface area contributed by atoms with Crippen molar-refractivity contribution in [1.29, 1.82) is 0 Å². The van der Waals surface area contributed by atoms with Crippen LogP contribution in [0.25, 0.3) is 0 Å². The van der Waals surface area contributed by atoms with Crippen LogP contribution < -0.4 is 5.32 Å². The fourth-order valence-electron chi connectivity index (χ4n) is 2.34. The van der Waals surface area contributed by atoms with E-state index in [1.807, 2.05) is 13.2 Å². The van der Waals surface area contributed by atoms with Crippen LogP contribution in [0.1, 0.15) is 17.1 Å². The Labute approximate surface area is 112 Å². The Morgan fingerprint density at radius 2 is 2.26 bits per heavy atom. The first-order chi connectivity index (χ1) is 9.35. The van der Waals surface area contributed by atoms with E-state index in [9.17, 15) is 0 Å². The Hall–Kier alpha value is -1.79. The van der Waals surface area contributed by atoms with Crippen molar-refractivity contribution in [3.05, 3.63) is 41.7 Å². The number of hydrogen-bond donors (Lipinski definition) is 1. The Bertz CT molecular complexity index is 532. The normalized spacial score (nSPS) is 15.4. The Kier molecular flexibility index (Phi) is 3.52. The number of aromatic nitrogens is 4. The maximum absolute atomic E-state index is 4.51. The summed E-state index contributed by atoms with van der Waals surface area (Å²) in [6.07, 6.45) is 3.75. The van der Waals surface area contributed by atoms with E-state index in [2.05, 4.69) is 42.1 Å². The van der Waals surface area contributed by atoms with Gasteiger partial charge in [0.15, 0.2) is 0 Å². The third-order valence-electron chi connectivity index (χ3n) is 3.37. The van der Waals surface area contributed by atoms with E-state index in [0.717, 1.165) is 44.2 Å². The zero-order valence-electron chi connectivity index (χ0n) is 11.1. The van der Waals surface area contributed by atoms with Gasteiger partial charge in [0.1, 0.15) is 12.2 Å².